The number of nitrogens with zero attached hydrogens (tertiary/aromatic N) is 3. The van der Waals surface area contributed by atoms with Crippen LogP contribution in [0.15, 0.2) is 66.0 Å². The van der Waals surface area contributed by atoms with Crippen molar-refractivity contribution < 1.29 is 9.90 Å². The molecule has 0 radical (unpaired) electrons. The number of aromatic carboxylic acids is 1. The van der Waals surface area contributed by atoms with Crippen LogP contribution in [0.1, 0.15) is 27.2 Å². The zero-order valence-corrected chi connectivity index (χ0v) is 12.8. The number of carboxylic acids is 1. The topological polar surface area (TPSA) is 85.1 Å². The number of pyridine rings is 3. The quantitative estimate of drug-likeness (QED) is 0.776. The minimum absolute atomic E-state index is 0.0695. The maximum atomic E-state index is 11.7. The zero-order valence-electron chi connectivity index (χ0n) is 12.8. The highest BCUT2D eigenvalue weighted by Crippen LogP contribution is 2.10. The molecule has 3 heterocycles. The van der Waals surface area contributed by atoms with Crippen LogP contribution < -0.4 is 5.56 Å². The third kappa shape index (κ3) is 3.73. The second-order valence-corrected chi connectivity index (χ2v) is 5.39. The Morgan fingerprint density at radius 1 is 1.08 bits per heavy atom. The van der Waals surface area contributed by atoms with E-state index in [1.807, 2.05) is 12.1 Å². The van der Waals surface area contributed by atoms with Gasteiger partial charge < -0.3 is 9.67 Å². The van der Waals surface area contributed by atoms with Gasteiger partial charge in [-0.3, -0.25) is 14.8 Å². The molecule has 3 aromatic heterocycles. The van der Waals surface area contributed by atoms with Gasteiger partial charge in [-0.05, 0) is 29.3 Å². The molecule has 0 fully saturated rings. The van der Waals surface area contributed by atoms with Crippen LogP contribution in [0.4, 0.5) is 0 Å². The van der Waals surface area contributed by atoms with Gasteiger partial charge in [0.15, 0.2) is 0 Å². The lowest BCUT2D eigenvalue weighted by Crippen LogP contribution is -2.18. The molecule has 0 spiro atoms. The average Bonchev–Trinajstić information content (AvgIpc) is 2.59. The third-order valence-electron chi connectivity index (χ3n) is 3.57. The highest BCUT2D eigenvalue weighted by atomic mass is 16.4. The Balaban J connectivity index is 1.73. The molecule has 24 heavy (non-hydrogen) atoms. The molecular weight excluding hydrogens is 306 g/mol. The molecule has 0 atom stereocenters. The van der Waals surface area contributed by atoms with E-state index in [1.54, 1.807) is 41.4 Å². The van der Waals surface area contributed by atoms with Crippen LogP contribution >= 0.6 is 0 Å². The van der Waals surface area contributed by atoms with E-state index >= 15 is 0 Å². The number of aromatic nitrogens is 3. The Morgan fingerprint density at radius 2 is 1.96 bits per heavy atom. The molecule has 0 aliphatic rings. The fourth-order valence-corrected chi connectivity index (χ4v) is 2.36. The van der Waals surface area contributed by atoms with Gasteiger partial charge in [0, 0.05) is 37.3 Å². The molecule has 0 aromatic carbocycles. The minimum Gasteiger partial charge on any atom is -0.478 e. The lowest BCUT2D eigenvalue weighted by atomic mass is 10.1. The molecule has 6 heteroatoms. The highest BCUT2D eigenvalue weighted by molar-refractivity contribution is 5.87. The van der Waals surface area contributed by atoms with Gasteiger partial charge in [0.1, 0.15) is 0 Å². The normalized spacial score (nSPS) is 10.5. The predicted octanol–water partition coefficient (Wildman–Crippen LogP) is 1.98. The summed E-state index contributed by atoms with van der Waals surface area (Å²) in [5.41, 5.74) is 2.64. The van der Waals surface area contributed by atoms with Crippen LogP contribution in [0.5, 0.6) is 0 Å². The van der Waals surface area contributed by atoms with Gasteiger partial charge in [0.2, 0.25) is 0 Å². The number of rotatable bonds is 5. The number of carbonyl (C=O) groups is 1. The van der Waals surface area contributed by atoms with E-state index in [2.05, 4.69) is 9.97 Å². The Labute approximate surface area is 138 Å². The summed E-state index contributed by atoms with van der Waals surface area (Å²) in [6.45, 7) is 0.413. The van der Waals surface area contributed by atoms with Crippen molar-refractivity contribution in [1.29, 1.82) is 0 Å². The van der Waals surface area contributed by atoms with Crippen molar-refractivity contribution in [1.82, 2.24) is 14.5 Å². The van der Waals surface area contributed by atoms with Crippen LogP contribution in [-0.4, -0.2) is 25.6 Å². The summed E-state index contributed by atoms with van der Waals surface area (Å²) in [6, 6.07) is 10.4. The maximum Gasteiger partial charge on any atom is 0.337 e. The van der Waals surface area contributed by atoms with Crippen molar-refractivity contribution in [2.75, 3.05) is 0 Å². The monoisotopic (exact) mass is 321 g/mol. The van der Waals surface area contributed by atoms with Crippen molar-refractivity contribution >= 4 is 5.97 Å². The Hall–Kier alpha value is -3.28. The van der Waals surface area contributed by atoms with Crippen LogP contribution in [0.2, 0.25) is 0 Å². The summed E-state index contributed by atoms with van der Waals surface area (Å²) in [5, 5.41) is 8.99. The van der Waals surface area contributed by atoms with Crippen molar-refractivity contribution in [3.8, 4) is 0 Å². The van der Waals surface area contributed by atoms with E-state index in [-0.39, 0.29) is 11.1 Å². The van der Waals surface area contributed by atoms with Crippen molar-refractivity contribution in [3.63, 3.8) is 0 Å². The van der Waals surface area contributed by atoms with Gasteiger partial charge in [-0.15, -0.1) is 0 Å². The molecule has 0 saturated heterocycles. The first-order valence-corrected chi connectivity index (χ1v) is 7.38. The SMILES string of the molecule is O=C(O)c1cncc(Cc2ccc(Cn3ccccc3=O)nc2)c1. The molecule has 3 aromatic rings. The predicted molar refractivity (Wildman–Crippen MR) is 88.0 cm³/mol. The van der Waals surface area contributed by atoms with Gasteiger partial charge in [-0.2, -0.15) is 0 Å². The molecular formula is C18H15N3O3. The Bertz CT molecular complexity index is 917. The molecule has 0 saturated carbocycles. The first kappa shape index (κ1) is 15.6. The van der Waals surface area contributed by atoms with E-state index in [1.165, 1.54) is 12.3 Å². The third-order valence-corrected chi connectivity index (χ3v) is 3.57. The molecule has 0 unspecified atom stereocenters. The molecule has 1 N–H and O–H groups in total. The van der Waals surface area contributed by atoms with Crippen molar-refractivity contribution in [2.24, 2.45) is 0 Å². The highest BCUT2D eigenvalue weighted by Gasteiger charge is 2.05. The molecule has 3 rings (SSSR count). The summed E-state index contributed by atoms with van der Waals surface area (Å²) < 4.78 is 1.59. The smallest absolute Gasteiger partial charge is 0.337 e. The Kier molecular flexibility index (Phi) is 4.47. The first-order valence-electron chi connectivity index (χ1n) is 7.38. The Morgan fingerprint density at radius 3 is 2.67 bits per heavy atom. The van der Waals surface area contributed by atoms with E-state index in [0.717, 1.165) is 16.8 Å². The largest absolute Gasteiger partial charge is 0.478 e. The number of hydrogen-bond acceptors (Lipinski definition) is 4. The second-order valence-electron chi connectivity index (χ2n) is 5.39. The van der Waals surface area contributed by atoms with Gasteiger partial charge in [-0.1, -0.05) is 12.1 Å². The summed E-state index contributed by atoms with van der Waals surface area (Å²) in [6.07, 6.45) is 6.97. The molecule has 0 aliphatic carbocycles. The standard InChI is InChI=1S/C18H15N3O3/c22-17-3-1-2-6-21(17)12-16-5-4-13(10-20-16)7-14-8-15(18(23)24)11-19-9-14/h1-6,8-11H,7,12H2,(H,23,24). The molecule has 120 valence electrons. The summed E-state index contributed by atoms with van der Waals surface area (Å²) in [7, 11) is 0. The molecule has 6 nitrogen and oxygen atoms in total. The second kappa shape index (κ2) is 6.87. The molecule has 0 aliphatic heterocycles. The van der Waals surface area contributed by atoms with Crippen molar-refractivity contribution in [2.45, 2.75) is 13.0 Å². The van der Waals surface area contributed by atoms with E-state index < -0.39 is 5.97 Å². The number of carboxylic acid groups (broad SMARTS) is 1. The fraction of sp³-hybridized carbons (Fsp3) is 0.111. The summed E-state index contributed by atoms with van der Waals surface area (Å²) >= 11 is 0. The lowest BCUT2D eigenvalue weighted by Gasteiger charge is -2.06. The molecule has 0 amide bonds. The maximum absolute atomic E-state index is 11.7. The van der Waals surface area contributed by atoms with Crippen molar-refractivity contribution in [3.05, 3.63) is 93.9 Å². The lowest BCUT2D eigenvalue weighted by molar-refractivity contribution is 0.0696. The van der Waals surface area contributed by atoms with Crippen LogP contribution in [0.3, 0.4) is 0 Å². The van der Waals surface area contributed by atoms with Gasteiger partial charge >= 0.3 is 5.97 Å². The van der Waals surface area contributed by atoms with Gasteiger partial charge in [0.05, 0.1) is 17.8 Å². The first-order chi connectivity index (χ1) is 11.6. The van der Waals surface area contributed by atoms with Crippen LogP contribution in [-0.2, 0) is 13.0 Å². The van der Waals surface area contributed by atoms with Crippen LogP contribution in [0.25, 0.3) is 0 Å². The summed E-state index contributed by atoms with van der Waals surface area (Å²) in [4.78, 5) is 31.0. The molecule has 0 bridgehead atoms. The van der Waals surface area contributed by atoms with E-state index in [4.69, 9.17) is 5.11 Å². The van der Waals surface area contributed by atoms with Crippen LogP contribution in [0, 0.1) is 0 Å². The van der Waals surface area contributed by atoms with E-state index in [9.17, 15) is 9.59 Å². The number of hydrogen-bond donors (Lipinski definition) is 1. The summed E-state index contributed by atoms with van der Waals surface area (Å²) in [5.74, 6) is -0.994. The minimum atomic E-state index is -0.994. The van der Waals surface area contributed by atoms with E-state index in [0.29, 0.717) is 13.0 Å². The zero-order chi connectivity index (χ0) is 16.9. The fourth-order valence-electron chi connectivity index (χ4n) is 2.36. The van der Waals surface area contributed by atoms with Gasteiger partial charge in [0.25, 0.3) is 5.56 Å². The average molecular weight is 321 g/mol. The van der Waals surface area contributed by atoms with Gasteiger partial charge in [-0.25, -0.2) is 4.79 Å².